The molecule has 2 aromatic carbocycles. The minimum absolute atomic E-state index is 0.0112. The molecule has 0 radical (unpaired) electrons. The summed E-state index contributed by atoms with van der Waals surface area (Å²) in [4.78, 5) is 26.1. The number of carbonyl (C=O) groups excluding carboxylic acids is 2. The molecule has 5 nitrogen and oxygen atoms in total. The van der Waals surface area contributed by atoms with Crippen LogP contribution in [0.2, 0.25) is 0 Å². The number of benzene rings is 2. The zero-order chi connectivity index (χ0) is 18.5. The van der Waals surface area contributed by atoms with Gasteiger partial charge in [0.1, 0.15) is 17.5 Å². The molecule has 2 amide bonds. The Morgan fingerprint density at radius 2 is 1.96 bits per heavy atom. The molecule has 0 aliphatic carbocycles. The minimum atomic E-state index is -0.407. The maximum atomic E-state index is 12.5. The first-order valence-corrected chi connectivity index (χ1v) is 9.75. The molecule has 3 rings (SSSR count). The van der Waals surface area contributed by atoms with Crippen molar-refractivity contribution in [3.8, 4) is 11.5 Å². The molecule has 1 aliphatic rings. The van der Waals surface area contributed by atoms with Gasteiger partial charge in [-0.25, -0.2) is 0 Å². The van der Waals surface area contributed by atoms with Crippen molar-refractivity contribution in [1.82, 2.24) is 4.90 Å². The molecule has 0 aromatic heterocycles. The number of hydrogen-bond donors (Lipinski definition) is 1. The van der Waals surface area contributed by atoms with Crippen LogP contribution in [-0.4, -0.2) is 34.4 Å². The van der Waals surface area contributed by atoms with Gasteiger partial charge in [-0.3, -0.25) is 9.59 Å². The van der Waals surface area contributed by atoms with Crippen LogP contribution in [0.25, 0.3) is 0 Å². The van der Waals surface area contributed by atoms with Gasteiger partial charge >= 0.3 is 0 Å². The van der Waals surface area contributed by atoms with Crippen LogP contribution in [0.4, 0.5) is 5.69 Å². The van der Waals surface area contributed by atoms with E-state index in [1.165, 1.54) is 0 Å². The van der Waals surface area contributed by atoms with Crippen LogP contribution in [0.15, 0.2) is 48.5 Å². The Kier molecular flexibility index (Phi) is 5.83. The molecular formula is C20H22N2O3S. The summed E-state index contributed by atoms with van der Waals surface area (Å²) in [6, 6.07) is 14.7. The van der Waals surface area contributed by atoms with Gasteiger partial charge in [-0.1, -0.05) is 19.1 Å². The Balaban J connectivity index is 1.62. The zero-order valence-electron chi connectivity index (χ0n) is 14.9. The molecule has 1 atom stereocenters. The van der Waals surface area contributed by atoms with Crippen LogP contribution in [0.1, 0.15) is 18.9 Å². The molecule has 0 saturated carbocycles. The monoisotopic (exact) mass is 370 g/mol. The van der Waals surface area contributed by atoms with Crippen molar-refractivity contribution in [2.24, 2.45) is 0 Å². The third-order valence-corrected chi connectivity index (χ3v) is 5.17. The van der Waals surface area contributed by atoms with Crippen LogP contribution in [0, 0.1) is 6.92 Å². The number of ether oxygens (including phenoxy) is 1. The summed E-state index contributed by atoms with van der Waals surface area (Å²) in [5, 5.41) is 2.89. The lowest BCUT2D eigenvalue weighted by molar-refractivity contribution is -0.135. The summed E-state index contributed by atoms with van der Waals surface area (Å²) in [5.41, 5.74) is 1.82. The summed E-state index contributed by atoms with van der Waals surface area (Å²) >= 11 is 1.60. The molecule has 26 heavy (non-hydrogen) atoms. The SMILES string of the molecule is CCC(=O)N1CSCC1C(=O)Nc1ccc(Oc2cccc(C)c2)cc1. The van der Waals surface area contributed by atoms with E-state index in [4.69, 9.17) is 4.74 Å². The van der Waals surface area contributed by atoms with Gasteiger partial charge in [0.15, 0.2) is 0 Å². The maximum absolute atomic E-state index is 12.5. The first-order valence-electron chi connectivity index (χ1n) is 8.59. The summed E-state index contributed by atoms with van der Waals surface area (Å²) in [6.07, 6.45) is 0.412. The highest BCUT2D eigenvalue weighted by atomic mass is 32.2. The van der Waals surface area contributed by atoms with Crippen molar-refractivity contribution < 1.29 is 14.3 Å². The first-order chi connectivity index (χ1) is 12.6. The Morgan fingerprint density at radius 1 is 1.19 bits per heavy atom. The van der Waals surface area contributed by atoms with Crippen molar-refractivity contribution in [3.63, 3.8) is 0 Å². The van der Waals surface area contributed by atoms with Gasteiger partial charge < -0.3 is 15.0 Å². The van der Waals surface area contributed by atoms with Crippen LogP contribution in [0.5, 0.6) is 11.5 Å². The fourth-order valence-electron chi connectivity index (χ4n) is 2.76. The summed E-state index contributed by atoms with van der Waals surface area (Å²) < 4.78 is 5.81. The van der Waals surface area contributed by atoms with E-state index >= 15 is 0 Å². The van der Waals surface area contributed by atoms with Gasteiger partial charge in [0.25, 0.3) is 0 Å². The lowest BCUT2D eigenvalue weighted by atomic mass is 10.2. The van der Waals surface area contributed by atoms with E-state index in [0.29, 0.717) is 29.5 Å². The molecule has 6 heteroatoms. The lowest BCUT2D eigenvalue weighted by Gasteiger charge is -2.22. The second-order valence-corrected chi connectivity index (χ2v) is 7.16. The van der Waals surface area contributed by atoms with Gasteiger partial charge in [0.05, 0.1) is 5.88 Å². The smallest absolute Gasteiger partial charge is 0.248 e. The number of nitrogens with zero attached hydrogens (tertiary/aromatic N) is 1. The number of carbonyl (C=O) groups is 2. The molecule has 1 aliphatic heterocycles. The largest absolute Gasteiger partial charge is 0.457 e. The van der Waals surface area contributed by atoms with E-state index in [1.54, 1.807) is 28.8 Å². The molecule has 0 bridgehead atoms. The van der Waals surface area contributed by atoms with Crippen molar-refractivity contribution in [2.45, 2.75) is 26.3 Å². The Hall–Kier alpha value is -2.47. The Labute approximate surface area is 157 Å². The zero-order valence-corrected chi connectivity index (χ0v) is 15.7. The van der Waals surface area contributed by atoms with Crippen LogP contribution < -0.4 is 10.1 Å². The van der Waals surface area contributed by atoms with Gasteiger partial charge in [0.2, 0.25) is 11.8 Å². The van der Waals surface area contributed by atoms with Crippen molar-refractivity contribution in [2.75, 3.05) is 16.9 Å². The van der Waals surface area contributed by atoms with Crippen molar-refractivity contribution in [1.29, 1.82) is 0 Å². The van der Waals surface area contributed by atoms with Crippen LogP contribution in [0.3, 0.4) is 0 Å². The first kappa shape index (κ1) is 18.3. The van der Waals surface area contributed by atoms with Crippen LogP contribution >= 0.6 is 11.8 Å². The molecular weight excluding hydrogens is 348 g/mol. The van der Waals surface area contributed by atoms with Gasteiger partial charge in [-0.2, -0.15) is 0 Å². The minimum Gasteiger partial charge on any atom is -0.457 e. The van der Waals surface area contributed by atoms with E-state index in [2.05, 4.69) is 5.32 Å². The molecule has 0 spiro atoms. The number of rotatable bonds is 5. The normalized spacial score (nSPS) is 16.4. The predicted molar refractivity (Wildman–Crippen MR) is 105 cm³/mol. The van der Waals surface area contributed by atoms with E-state index < -0.39 is 6.04 Å². The third kappa shape index (κ3) is 4.38. The molecule has 1 unspecified atom stereocenters. The molecule has 1 saturated heterocycles. The van der Waals surface area contributed by atoms with Gasteiger partial charge in [-0.15, -0.1) is 11.8 Å². The number of nitrogens with one attached hydrogen (secondary N) is 1. The topological polar surface area (TPSA) is 58.6 Å². The van der Waals surface area contributed by atoms with Crippen LogP contribution in [-0.2, 0) is 9.59 Å². The average Bonchev–Trinajstić information content (AvgIpc) is 3.13. The van der Waals surface area contributed by atoms with Gasteiger partial charge in [0, 0.05) is 17.9 Å². The van der Waals surface area contributed by atoms with E-state index in [0.717, 1.165) is 11.3 Å². The van der Waals surface area contributed by atoms with Crippen molar-refractivity contribution >= 4 is 29.3 Å². The fourth-order valence-corrected chi connectivity index (χ4v) is 3.94. The van der Waals surface area contributed by atoms with E-state index in [-0.39, 0.29) is 11.8 Å². The quantitative estimate of drug-likeness (QED) is 0.863. The van der Waals surface area contributed by atoms with Crippen molar-refractivity contribution in [3.05, 3.63) is 54.1 Å². The molecule has 1 fully saturated rings. The standard InChI is InChI=1S/C20H22N2O3S/c1-3-19(23)22-13-26-12-18(22)20(24)21-15-7-9-16(10-8-15)25-17-6-4-5-14(2)11-17/h4-11,18H,3,12-13H2,1-2H3,(H,21,24). The maximum Gasteiger partial charge on any atom is 0.248 e. The number of aryl methyl sites for hydroxylation is 1. The summed E-state index contributed by atoms with van der Waals surface area (Å²) in [6.45, 7) is 3.83. The van der Waals surface area contributed by atoms with Gasteiger partial charge in [-0.05, 0) is 48.9 Å². The van der Waals surface area contributed by atoms with E-state index in [9.17, 15) is 9.59 Å². The number of anilines is 1. The molecule has 136 valence electrons. The second-order valence-electron chi connectivity index (χ2n) is 6.16. The Morgan fingerprint density at radius 3 is 2.65 bits per heavy atom. The molecule has 1 N–H and O–H groups in total. The number of hydrogen-bond acceptors (Lipinski definition) is 4. The predicted octanol–water partition coefficient (Wildman–Crippen LogP) is 4.04. The summed E-state index contributed by atoms with van der Waals surface area (Å²) in [5.74, 6) is 2.55. The average molecular weight is 370 g/mol. The molecule has 2 aromatic rings. The number of thioether (sulfide) groups is 1. The fraction of sp³-hybridized carbons (Fsp3) is 0.300. The highest BCUT2D eigenvalue weighted by molar-refractivity contribution is 7.99. The second kappa shape index (κ2) is 8.27. The Bertz CT molecular complexity index is 792. The summed E-state index contributed by atoms with van der Waals surface area (Å²) in [7, 11) is 0. The third-order valence-electron chi connectivity index (χ3n) is 4.15. The highest BCUT2D eigenvalue weighted by Gasteiger charge is 2.33. The molecule has 1 heterocycles. The lowest BCUT2D eigenvalue weighted by Crippen LogP contribution is -2.44. The van der Waals surface area contributed by atoms with E-state index in [1.807, 2.05) is 50.2 Å². The number of amides is 2. The highest BCUT2D eigenvalue weighted by Crippen LogP contribution is 2.25.